The van der Waals surface area contributed by atoms with Crippen LogP contribution in [0.2, 0.25) is 0 Å². The molecule has 2 aromatic rings. The Bertz CT molecular complexity index is 716. The zero-order chi connectivity index (χ0) is 15.5. The van der Waals surface area contributed by atoms with Crippen molar-refractivity contribution < 1.29 is 4.79 Å². The molecule has 0 fully saturated rings. The van der Waals surface area contributed by atoms with Gasteiger partial charge in [0.1, 0.15) is 0 Å². The Morgan fingerprint density at radius 3 is 2.45 bits per heavy atom. The highest BCUT2D eigenvalue weighted by Gasteiger charge is 2.22. The van der Waals surface area contributed by atoms with Crippen LogP contribution in [-0.4, -0.2) is 5.78 Å². The first kappa shape index (κ1) is 14.6. The number of hydrogen-bond acceptors (Lipinski definition) is 2. The molecular weight excluding hydrogens is 270 g/mol. The topological polar surface area (TPSA) is 29.1 Å². The van der Waals surface area contributed by atoms with Gasteiger partial charge in [0.2, 0.25) is 0 Å². The van der Waals surface area contributed by atoms with Crippen LogP contribution in [0, 0.1) is 13.8 Å². The van der Waals surface area contributed by atoms with Crippen LogP contribution in [0.4, 0.5) is 5.69 Å². The van der Waals surface area contributed by atoms with Gasteiger partial charge >= 0.3 is 0 Å². The van der Waals surface area contributed by atoms with Crippen molar-refractivity contribution in [1.29, 1.82) is 0 Å². The van der Waals surface area contributed by atoms with Crippen molar-refractivity contribution in [3.05, 3.63) is 77.0 Å². The summed E-state index contributed by atoms with van der Waals surface area (Å²) in [4.78, 5) is 12.1. The van der Waals surface area contributed by atoms with E-state index in [0.717, 1.165) is 17.8 Å². The molecule has 0 aromatic heterocycles. The minimum absolute atomic E-state index is 0.200. The second kappa shape index (κ2) is 6.18. The highest BCUT2D eigenvalue weighted by molar-refractivity contribution is 5.92. The van der Waals surface area contributed by atoms with E-state index < -0.39 is 0 Å². The normalized spacial score (nSPS) is 18.0. The maximum atomic E-state index is 12.1. The van der Waals surface area contributed by atoms with Gasteiger partial charge in [-0.3, -0.25) is 4.79 Å². The quantitative estimate of drug-likeness (QED) is 0.884. The fourth-order valence-corrected chi connectivity index (χ4v) is 2.95. The molecule has 0 saturated heterocycles. The number of anilines is 1. The largest absolute Gasteiger partial charge is 0.359 e. The molecule has 22 heavy (non-hydrogen) atoms. The zero-order valence-corrected chi connectivity index (χ0v) is 13.1. The zero-order valence-electron chi connectivity index (χ0n) is 13.1. The fraction of sp³-hybridized carbons (Fsp3) is 0.250. The van der Waals surface area contributed by atoms with Gasteiger partial charge in [-0.25, -0.2) is 0 Å². The first-order valence-electron chi connectivity index (χ1n) is 7.74. The number of aryl methyl sites for hydroxylation is 2. The Morgan fingerprint density at radius 2 is 1.73 bits per heavy atom. The smallest absolute Gasteiger partial charge is 0.158 e. The van der Waals surface area contributed by atoms with Crippen molar-refractivity contribution in [2.45, 2.75) is 32.6 Å². The Morgan fingerprint density at radius 1 is 0.955 bits per heavy atom. The Balaban J connectivity index is 1.78. The summed E-state index contributed by atoms with van der Waals surface area (Å²) in [7, 11) is 0. The summed E-state index contributed by atoms with van der Waals surface area (Å²) < 4.78 is 0. The van der Waals surface area contributed by atoms with Crippen molar-refractivity contribution in [3.63, 3.8) is 0 Å². The first-order valence-corrected chi connectivity index (χ1v) is 7.74. The molecule has 0 heterocycles. The molecule has 0 aliphatic heterocycles. The summed E-state index contributed by atoms with van der Waals surface area (Å²) in [5.41, 5.74) is 5.83. The predicted molar refractivity (Wildman–Crippen MR) is 91.0 cm³/mol. The van der Waals surface area contributed by atoms with Crippen LogP contribution < -0.4 is 5.32 Å². The molecule has 0 radical (unpaired) electrons. The van der Waals surface area contributed by atoms with E-state index in [-0.39, 0.29) is 11.7 Å². The number of carbonyl (C=O) groups is 1. The van der Waals surface area contributed by atoms with Gasteiger partial charge in [-0.15, -0.1) is 0 Å². The molecule has 2 aromatic carbocycles. The molecule has 2 nitrogen and oxygen atoms in total. The molecule has 2 heteroatoms. The number of carbonyl (C=O) groups excluding carboxylic acids is 1. The fourth-order valence-electron chi connectivity index (χ4n) is 2.95. The number of hydrogen-bond donors (Lipinski definition) is 1. The van der Waals surface area contributed by atoms with Crippen LogP contribution in [-0.2, 0) is 4.79 Å². The molecule has 1 aliphatic carbocycles. The molecule has 0 spiro atoms. The van der Waals surface area contributed by atoms with Crippen LogP contribution in [0.25, 0.3) is 0 Å². The number of ketones is 1. The molecule has 1 aliphatic rings. The number of allylic oxidation sites excluding steroid dienone is 2. The summed E-state index contributed by atoms with van der Waals surface area (Å²) >= 11 is 0. The standard InChI is InChI=1S/C20H21NO/c1-14-8-9-18(10-15(14)2)21-19-11-17(12-20(22)13-19)16-6-4-3-5-7-16/h3-10,13,17,21H,11-12H2,1-2H3/t17-/m0/s1. The van der Waals surface area contributed by atoms with Crippen LogP contribution in [0.5, 0.6) is 0 Å². The highest BCUT2D eigenvalue weighted by Crippen LogP contribution is 2.32. The van der Waals surface area contributed by atoms with Gasteiger partial charge in [0.25, 0.3) is 0 Å². The molecule has 3 rings (SSSR count). The van der Waals surface area contributed by atoms with Crippen LogP contribution >= 0.6 is 0 Å². The maximum absolute atomic E-state index is 12.1. The average Bonchev–Trinajstić information content (AvgIpc) is 2.51. The lowest BCUT2D eigenvalue weighted by Gasteiger charge is -2.23. The molecular formula is C20H21NO. The lowest BCUT2D eigenvalue weighted by molar-refractivity contribution is -0.115. The van der Waals surface area contributed by atoms with E-state index in [1.807, 2.05) is 18.2 Å². The SMILES string of the molecule is Cc1ccc(NC2=CC(=O)C[C@@H](c3ccccc3)C2)cc1C. The van der Waals surface area contributed by atoms with Gasteiger partial charge in [-0.2, -0.15) is 0 Å². The molecule has 0 unspecified atom stereocenters. The third-order valence-corrected chi connectivity index (χ3v) is 4.33. The van der Waals surface area contributed by atoms with Crippen LogP contribution in [0.15, 0.2) is 60.3 Å². The summed E-state index contributed by atoms with van der Waals surface area (Å²) in [6.45, 7) is 4.21. The van der Waals surface area contributed by atoms with Crippen molar-refractivity contribution in [2.75, 3.05) is 5.32 Å². The lowest BCUT2D eigenvalue weighted by Crippen LogP contribution is -2.16. The molecule has 0 bridgehead atoms. The maximum Gasteiger partial charge on any atom is 0.158 e. The lowest BCUT2D eigenvalue weighted by atomic mass is 9.85. The first-order chi connectivity index (χ1) is 10.6. The third-order valence-electron chi connectivity index (χ3n) is 4.33. The van der Waals surface area contributed by atoms with Gasteiger partial charge < -0.3 is 5.32 Å². The summed E-state index contributed by atoms with van der Waals surface area (Å²) in [6.07, 6.45) is 3.24. The second-order valence-electron chi connectivity index (χ2n) is 6.08. The summed E-state index contributed by atoms with van der Waals surface area (Å²) in [5.74, 6) is 0.471. The minimum atomic E-state index is 0.200. The van der Waals surface area contributed by atoms with E-state index in [2.05, 4.69) is 49.5 Å². The van der Waals surface area contributed by atoms with Gasteiger partial charge in [-0.05, 0) is 55.0 Å². The Labute approximate surface area is 131 Å². The van der Waals surface area contributed by atoms with Crippen molar-refractivity contribution >= 4 is 11.5 Å². The average molecular weight is 291 g/mol. The van der Waals surface area contributed by atoms with Gasteiger partial charge in [0.15, 0.2) is 5.78 Å². The molecule has 1 atom stereocenters. The van der Waals surface area contributed by atoms with Crippen LogP contribution in [0.3, 0.4) is 0 Å². The number of rotatable bonds is 3. The van der Waals surface area contributed by atoms with Crippen molar-refractivity contribution in [3.8, 4) is 0 Å². The summed E-state index contributed by atoms with van der Waals surface area (Å²) in [6, 6.07) is 16.6. The van der Waals surface area contributed by atoms with E-state index in [1.54, 1.807) is 6.08 Å². The minimum Gasteiger partial charge on any atom is -0.359 e. The van der Waals surface area contributed by atoms with E-state index in [0.29, 0.717) is 6.42 Å². The monoisotopic (exact) mass is 291 g/mol. The van der Waals surface area contributed by atoms with Gasteiger partial charge in [0.05, 0.1) is 0 Å². The van der Waals surface area contributed by atoms with E-state index in [4.69, 9.17) is 0 Å². The highest BCUT2D eigenvalue weighted by atomic mass is 16.1. The van der Waals surface area contributed by atoms with E-state index in [1.165, 1.54) is 16.7 Å². The van der Waals surface area contributed by atoms with Gasteiger partial charge in [0, 0.05) is 23.9 Å². The Kier molecular flexibility index (Phi) is 4.10. The molecule has 1 N–H and O–H groups in total. The van der Waals surface area contributed by atoms with E-state index >= 15 is 0 Å². The van der Waals surface area contributed by atoms with Crippen LogP contribution in [0.1, 0.15) is 35.4 Å². The molecule has 0 saturated carbocycles. The third kappa shape index (κ3) is 3.28. The van der Waals surface area contributed by atoms with Gasteiger partial charge in [-0.1, -0.05) is 36.4 Å². The molecule has 112 valence electrons. The van der Waals surface area contributed by atoms with Crippen molar-refractivity contribution in [1.82, 2.24) is 0 Å². The predicted octanol–water partition coefficient (Wildman–Crippen LogP) is 4.75. The Hall–Kier alpha value is -2.35. The van der Waals surface area contributed by atoms with Crippen molar-refractivity contribution in [2.24, 2.45) is 0 Å². The summed E-state index contributed by atoms with van der Waals surface area (Å²) in [5, 5.41) is 3.42. The molecule has 0 amide bonds. The second-order valence-corrected chi connectivity index (χ2v) is 6.08. The van der Waals surface area contributed by atoms with E-state index in [9.17, 15) is 4.79 Å². The number of benzene rings is 2. The number of nitrogens with one attached hydrogen (secondary N) is 1.